The van der Waals surface area contributed by atoms with Crippen molar-refractivity contribution in [3.05, 3.63) is 82.4 Å². The molecule has 2 aromatic rings. The Hall–Kier alpha value is -3.33. The molecule has 9 N–H and O–H groups in total. The van der Waals surface area contributed by atoms with Crippen LogP contribution in [0.3, 0.4) is 0 Å². The Balaban J connectivity index is 0.000000335. The van der Waals surface area contributed by atoms with E-state index in [4.69, 9.17) is 56.2 Å². The van der Waals surface area contributed by atoms with Crippen LogP contribution in [-0.2, 0) is 0 Å². The topological polar surface area (TPSA) is 159 Å². The molecule has 1 unspecified atom stereocenters. The van der Waals surface area contributed by atoms with Crippen LogP contribution in [0.5, 0.6) is 5.75 Å². The van der Waals surface area contributed by atoms with Gasteiger partial charge in [0.05, 0.1) is 17.1 Å². The monoisotopic (exact) mass is 445 g/mol. The number of hydrazone groups is 1. The first kappa shape index (κ1) is 23.0. The maximum atomic E-state index is 7.03. The third kappa shape index (κ3) is 6.35. The van der Waals surface area contributed by atoms with E-state index in [9.17, 15) is 0 Å². The number of hydrazine groups is 1. The van der Waals surface area contributed by atoms with E-state index in [1.807, 2.05) is 0 Å². The normalized spacial score (nSPS) is 14.0. The third-order valence-electron chi connectivity index (χ3n) is 3.85. The highest BCUT2D eigenvalue weighted by molar-refractivity contribution is 6.48. The first-order chi connectivity index (χ1) is 14.3. The number of anilines is 1. The number of halogens is 2. The molecule has 1 aliphatic carbocycles. The zero-order valence-corrected chi connectivity index (χ0v) is 17.3. The molecule has 8 nitrogen and oxygen atoms in total. The second-order valence-electron chi connectivity index (χ2n) is 5.94. The molecule has 0 saturated carbocycles. The van der Waals surface area contributed by atoms with Gasteiger partial charge in [-0.25, -0.2) is 5.84 Å². The average Bonchev–Trinajstić information content (AvgIpc) is 2.73. The average molecular weight is 446 g/mol. The number of ether oxygens (including phenoxy) is 1. The van der Waals surface area contributed by atoms with Crippen LogP contribution in [0.4, 0.5) is 5.69 Å². The Kier molecular flexibility index (Phi) is 8.42. The van der Waals surface area contributed by atoms with E-state index < -0.39 is 6.10 Å². The summed E-state index contributed by atoms with van der Waals surface area (Å²) in [5.74, 6) is 11.5. The van der Waals surface area contributed by atoms with Crippen molar-refractivity contribution in [3.63, 3.8) is 0 Å². The molecule has 10 heteroatoms. The minimum Gasteiger partial charge on any atom is -0.475 e. The van der Waals surface area contributed by atoms with Gasteiger partial charge in [0, 0.05) is 15.6 Å². The predicted molar refractivity (Wildman–Crippen MR) is 123 cm³/mol. The van der Waals surface area contributed by atoms with Gasteiger partial charge < -0.3 is 21.7 Å². The largest absolute Gasteiger partial charge is 0.475 e. The summed E-state index contributed by atoms with van der Waals surface area (Å²) in [6.45, 7) is 0. The summed E-state index contributed by atoms with van der Waals surface area (Å²) in [4.78, 5) is 0. The van der Waals surface area contributed by atoms with Crippen molar-refractivity contribution in [2.75, 3.05) is 5.73 Å². The fourth-order valence-corrected chi connectivity index (χ4v) is 2.64. The van der Waals surface area contributed by atoms with Crippen molar-refractivity contribution >= 4 is 46.1 Å². The number of hydrogen-bond acceptors (Lipinski definition) is 7. The summed E-state index contributed by atoms with van der Waals surface area (Å²) in [5, 5.41) is 18.8. The lowest BCUT2D eigenvalue weighted by Crippen LogP contribution is -2.38. The quantitative estimate of drug-likeness (QED) is 0.106. The summed E-state index contributed by atoms with van der Waals surface area (Å²) >= 11 is 11.8. The van der Waals surface area contributed by atoms with Crippen molar-refractivity contribution in [1.29, 1.82) is 10.8 Å². The molecular weight excluding hydrogens is 425 g/mol. The van der Waals surface area contributed by atoms with Gasteiger partial charge in [-0.3, -0.25) is 10.8 Å². The van der Waals surface area contributed by atoms with E-state index in [0.717, 1.165) is 5.56 Å². The van der Waals surface area contributed by atoms with Crippen LogP contribution in [0.15, 0.2) is 71.9 Å². The zero-order valence-electron chi connectivity index (χ0n) is 15.8. The minimum atomic E-state index is -0.671. The van der Waals surface area contributed by atoms with Gasteiger partial charge in [0.2, 0.25) is 0 Å². The summed E-state index contributed by atoms with van der Waals surface area (Å²) in [7, 11) is 0. The molecule has 156 valence electrons. The van der Waals surface area contributed by atoms with Crippen LogP contribution in [-0.4, -0.2) is 17.3 Å². The van der Waals surface area contributed by atoms with Crippen molar-refractivity contribution in [1.82, 2.24) is 5.43 Å². The molecule has 2 aromatic carbocycles. The van der Waals surface area contributed by atoms with E-state index >= 15 is 0 Å². The molecule has 0 bridgehead atoms. The van der Waals surface area contributed by atoms with Crippen LogP contribution < -0.4 is 27.6 Å². The molecule has 3 rings (SSSR count). The number of amidine groups is 1. The molecule has 0 aromatic heterocycles. The lowest BCUT2D eigenvalue weighted by atomic mass is 10.1. The van der Waals surface area contributed by atoms with Gasteiger partial charge in [0.1, 0.15) is 5.75 Å². The Morgan fingerprint density at radius 1 is 0.967 bits per heavy atom. The lowest BCUT2D eigenvalue weighted by molar-refractivity contribution is 0.270. The number of rotatable bonds is 4. The van der Waals surface area contributed by atoms with Gasteiger partial charge >= 0.3 is 0 Å². The summed E-state index contributed by atoms with van der Waals surface area (Å²) in [6.07, 6.45) is 6.03. The predicted octanol–water partition coefficient (Wildman–Crippen LogP) is 3.58. The summed E-state index contributed by atoms with van der Waals surface area (Å²) in [5.41, 5.74) is 10.0. The molecule has 1 atom stereocenters. The highest BCUT2D eigenvalue weighted by Gasteiger charge is 2.21. The summed E-state index contributed by atoms with van der Waals surface area (Å²) in [6, 6.07) is 11.9. The Morgan fingerprint density at radius 3 is 2.00 bits per heavy atom. The molecule has 30 heavy (non-hydrogen) atoms. The number of nitrogens with two attached hydrogens (primary N) is 3. The molecular formula is C20H21Cl2N7O. The molecule has 1 aliphatic rings. The van der Waals surface area contributed by atoms with E-state index in [1.165, 1.54) is 0 Å². The first-order valence-corrected chi connectivity index (χ1v) is 9.35. The lowest BCUT2D eigenvalue weighted by Gasteiger charge is -2.21. The third-order valence-corrected chi connectivity index (χ3v) is 4.34. The van der Waals surface area contributed by atoms with E-state index in [-0.39, 0.29) is 17.3 Å². The van der Waals surface area contributed by atoms with Gasteiger partial charge in [-0.2, -0.15) is 5.10 Å². The fraction of sp³-hybridized carbons (Fsp3) is 0.0500. The number of nitrogens with zero attached hydrogens (tertiary/aromatic N) is 1. The Labute approximate surface area is 184 Å². The van der Waals surface area contributed by atoms with Gasteiger partial charge in [0.15, 0.2) is 11.9 Å². The van der Waals surface area contributed by atoms with E-state index in [2.05, 4.69) is 10.5 Å². The minimum absolute atomic E-state index is 0.233. The van der Waals surface area contributed by atoms with Crippen LogP contribution >= 0.6 is 23.2 Å². The van der Waals surface area contributed by atoms with Crippen LogP contribution in [0.1, 0.15) is 11.7 Å². The van der Waals surface area contributed by atoms with Gasteiger partial charge in [0.25, 0.3) is 0 Å². The second kappa shape index (κ2) is 11.0. The molecule has 0 spiro atoms. The fourth-order valence-electron chi connectivity index (χ4n) is 2.34. The summed E-state index contributed by atoms with van der Waals surface area (Å²) < 4.78 is 5.89. The van der Waals surface area contributed by atoms with Crippen molar-refractivity contribution in [2.24, 2.45) is 16.8 Å². The second-order valence-corrected chi connectivity index (χ2v) is 6.81. The molecule has 0 heterocycles. The van der Waals surface area contributed by atoms with Crippen LogP contribution in [0.25, 0.3) is 0 Å². The SMILES string of the molecule is N/N=C(\NN)C(Oc1ccc(Cl)cc1N)c1ccc(Cl)cc1.N=C1C=CC=CC1=N. The molecule has 0 saturated heterocycles. The number of nitrogen functional groups attached to an aromatic ring is 1. The van der Waals surface area contributed by atoms with Crippen LogP contribution in [0.2, 0.25) is 10.0 Å². The number of benzene rings is 2. The van der Waals surface area contributed by atoms with Crippen molar-refractivity contribution in [2.45, 2.75) is 6.10 Å². The maximum Gasteiger partial charge on any atom is 0.184 e. The molecule has 0 radical (unpaired) electrons. The van der Waals surface area contributed by atoms with Gasteiger partial charge in [-0.1, -0.05) is 47.5 Å². The van der Waals surface area contributed by atoms with E-state index in [1.54, 1.807) is 66.8 Å². The maximum absolute atomic E-state index is 7.03. The Bertz CT molecular complexity index is 979. The highest BCUT2D eigenvalue weighted by Crippen LogP contribution is 2.30. The van der Waals surface area contributed by atoms with E-state index in [0.29, 0.717) is 21.5 Å². The van der Waals surface area contributed by atoms with Gasteiger partial charge in [-0.15, -0.1) is 0 Å². The number of allylic oxidation sites excluding steroid dienone is 4. The molecule has 0 amide bonds. The molecule has 0 fully saturated rings. The zero-order chi connectivity index (χ0) is 22.1. The standard InChI is InChI=1S/C14H15Cl2N5O.C6H6N2/c15-9-3-1-8(2-4-9)13(14(20-18)21-19)22-12-6-5-10(16)7-11(12)17;7-5-3-1-2-4-6(5)8/h1-7,13H,17-19H2,(H,20,21);1-4,7-8H. The highest BCUT2D eigenvalue weighted by atomic mass is 35.5. The number of hydrogen-bond donors (Lipinski definition) is 6. The first-order valence-electron chi connectivity index (χ1n) is 8.59. The van der Waals surface area contributed by atoms with Crippen molar-refractivity contribution < 1.29 is 4.74 Å². The smallest absolute Gasteiger partial charge is 0.184 e. The molecule has 0 aliphatic heterocycles. The number of nitrogens with one attached hydrogen (secondary N) is 3. The Morgan fingerprint density at radius 2 is 1.53 bits per heavy atom. The van der Waals surface area contributed by atoms with Gasteiger partial charge in [-0.05, 0) is 42.5 Å². The van der Waals surface area contributed by atoms with Crippen LogP contribution in [0, 0.1) is 10.8 Å². The van der Waals surface area contributed by atoms with Crippen molar-refractivity contribution in [3.8, 4) is 5.75 Å².